The molecule has 0 unspecified atom stereocenters. The van der Waals surface area contributed by atoms with Crippen molar-refractivity contribution in [1.82, 2.24) is 34.8 Å². The zero-order chi connectivity index (χ0) is 45.2. The number of nitrogens with one attached hydrogen (secondary N) is 3. The van der Waals surface area contributed by atoms with Gasteiger partial charge in [-0.3, -0.25) is 23.7 Å². The smallest absolute Gasteiger partial charge is 0.408 e. The first kappa shape index (κ1) is 45.5. The average Bonchev–Trinajstić information content (AvgIpc) is 3.88. The Kier molecular flexibility index (Phi) is 12.2. The standard InChI is InChI=1S/C45H63N7O8S2/c1-26(2)52-32-20-16-18-30(37-48-35(27(3)61-37)42(4,5)6)34(32)47-40(52)59-29-23-33-36(53)49-45(39(55)50-62(57,58)44(10)21-22-44)24-28(45)17-14-12-11-13-15-19-31(38(54)51(33)25-29)46-41(56)60-43(7,8)9/h14,16-18,20,26,28-29,31,33H,11-13,15,19,21-25H2,1-10H3,(H,46,56)(H,49,53)(H,50,55)/b17-14-/t28-,29-,31+,33+,45-/m1/s1. The highest BCUT2D eigenvalue weighted by Gasteiger charge is 2.63. The molecule has 0 bridgehead atoms. The zero-order valence-corrected chi connectivity index (χ0v) is 39.3. The molecule has 17 heteroatoms. The van der Waals surface area contributed by atoms with Gasteiger partial charge in [0.25, 0.3) is 11.9 Å². The molecule has 5 atom stereocenters. The predicted molar refractivity (Wildman–Crippen MR) is 238 cm³/mol. The maximum atomic E-state index is 14.8. The second-order valence-electron chi connectivity index (χ2n) is 20.1. The molecule has 0 radical (unpaired) electrons. The summed E-state index contributed by atoms with van der Waals surface area (Å²) in [5, 5.41) is 6.57. The van der Waals surface area contributed by atoms with E-state index >= 15 is 0 Å². The monoisotopic (exact) mass is 893 g/mol. The summed E-state index contributed by atoms with van der Waals surface area (Å²) in [6.07, 6.45) is 6.64. The van der Waals surface area contributed by atoms with Crippen LogP contribution in [-0.2, 0) is 34.6 Å². The van der Waals surface area contributed by atoms with E-state index in [2.05, 4.69) is 43.1 Å². The van der Waals surface area contributed by atoms with Crippen molar-refractivity contribution in [3.05, 3.63) is 40.9 Å². The molecule has 3 fully saturated rings. The van der Waals surface area contributed by atoms with Crippen LogP contribution in [0.1, 0.15) is 137 Å². The molecule has 15 nitrogen and oxygen atoms in total. The van der Waals surface area contributed by atoms with E-state index in [1.54, 1.807) is 39.0 Å². The first-order valence-corrected chi connectivity index (χ1v) is 24.2. The molecular weight excluding hydrogens is 831 g/mol. The molecule has 3 N–H and O–H groups in total. The number of amides is 4. The Morgan fingerprint density at radius 2 is 1.77 bits per heavy atom. The fourth-order valence-corrected chi connectivity index (χ4v) is 11.1. The lowest BCUT2D eigenvalue weighted by atomic mass is 9.91. The normalized spacial score (nSPS) is 26.1. The number of aryl methyl sites for hydroxylation is 1. The molecule has 7 rings (SSSR count). The number of alkyl carbamates (subject to hydrolysis) is 1. The molecule has 62 heavy (non-hydrogen) atoms. The Balaban J connectivity index is 1.23. The summed E-state index contributed by atoms with van der Waals surface area (Å²) in [6, 6.07) is 4.06. The van der Waals surface area contributed by atoms with Gasteiger partial charge in [-0.15, -0.1) is 11.3 Å². The van der Waals surface area contributed by atoms with Gasteiger partial charge < -0.3 is 25.0 Å². The maximum absolute atomic E-state index is 14.8. The van der Waals surface area contributed by atoms with E-state index in [9.17, 15) is 27.6 Å². The van der Waals surface area contributed by atoms with Crippen molar-refractivity contribution in [2.24, 2.45) is 5.92 Å². The van der Waals surface area contributed by atoms with E-state index in [0.29, 0.717) is 43.6 Å². The van der Waals surface area contributed by atoms with Crippen LogP contribution in [0.25, 0.3) is 21.6 Å². The number of carbonyl (C=O) groups excluding carboxylic acids is 4. The van der Waals surface area contributed by atoms with Crippen LogP contribution in [-0.4, -0.2) is 92.3 Å². The predicted octanol–water partition coefficient (Wildman–Crippen LogP) is 6.98. The van der Waals surface area contributed by atoms with Crippen LogP contribution in [0.4, 0.5) is 4.79 Å². The highest BCUT2D eigenvalue weighted by Crippen LogP contribution is 2.48. The molecule has 4 amide bonds. The molecule has 4 aliphatic rings. The van der Waals surface area contributed by atoms with Crippen LogP contribution in [0.5, 0.6) is 6.01 Å². The molecule has 1 aromatic carbocycles. The Morgan fingerprint density at radius 3 is 2.42 bits per heavy atom. The van der Waals surface area contributed by atoms with E-state index in [1.165, 1.54) is 4.90 Å². The summed E-state index contributed by atoms with van der Waals surface area (Å²) in [4.78, 5) is 69.3. The summed E-state index contributed by atoms with van der Waals surface area (Å²) in [5.41, 5.74) is 0.963. The van der Waals surface area contributed by atoms with Crippen LogP contribution in [0.2, 0.25) is 0 Å². The van der Waals surface area contributed by atoms with Crippen molar-refractivity contribution in [3.63, 3.8) is 0 Å². The van der Waals surface area contributed by atoms with Crippen molar-refractivity contribution in [3.8, 4) is 16.6 Å². The summed E-state index contributed by atoms with van der Waals surface area (Å²) in [5.74, 6) is -2.35. The summed E-state index contributed by atoms with van der Waals surface area (Å²) in [6.45, 7) is 19.4. The van der Waals surface area contributed by atoms with Gasteiger partial charge in [0.2, 0.25) is 21.8 Å². The number of hydrogen-bond acceptors (Lipinski definition) is 11. The van der Waals surface area contributed by atoms with Crippen LogP contribution in [0, 0.1) is 12.8 Å². The molecule has 1 saturated heterocycles. The van der Waals surface area contributed by atoms with Crippen LogP contribution in [0.3, 0.4) is 0 Å². The number of carbonyl (C=O) groups is 4. The first-order valence-electron chi connectivity index (χ1n) is 21.9. The fourth-order valence-electron chi connectivity index (χ4n) is 8.60. The Hall–Kier alpha value is -4.51. The third-order valence-electron chi connectivity index (χ3n) is 12.4. The van der Waals surface area contributed by atoms with Gasteiger partial charge in [-0.2, -0.15) is 4.98 Å². The largest absolute Gasteiger partial charge is 0.459 e. The van der Waals surface area contributed by atoms with Crippen molar-refractivity contribution in [2.45, 2.75) is 173 Å². The summed E-state index contributed by atoms with van der Waals surface area (Å²) >= 11 is 1.62. The van der Waals surface area contributed by atoms with Gasteiger partial charge in [0.15, 0.2) is 0 Å². The van der Waals surface area contributed by atoms with Crippen LogP contribution >= 0.6 is 11.3 Å². The van der Waals surface area contributed by atoms with Gasteiger partial charge in [-0.25, -0.2) is 18.2 Å². The van der Waals surface area contributed by atoms with E-state index in [-0.39, 0.29) is 30.8 Å². The minimum Gasteiger partial charge on any atom is -0.459 e. The quantitative estimate of drug-likeness (QED) is 0.199. The highest BCUT2D eigenvalue weighted by atomic mass is 32.2. The number of hydrogen-bond donors (Lipinski definition) is 3. The molecule has 2 aliphatic carbocycles. The lowest BCUT2D eigenvalue weighted by molar-refractivity contribution is -0.141. The molecule has 4 heterocycles. The summed E-state index contributed by atoms with van der Waals surface area (Å²) < 4.78 is 42.1. The maximum Gasteiger partial charge on any atom is 0.408 e. The third kappa shape index (κ3) is 9.25. The number of sulfonamides is 1. The van der Waals surface area contributed by atoms with E-state index in [4.69, 9.17) is 19.4 Å². The minimum atomic E-state index is -4.01. The number of allylic oxidation sites excluding steroid dienone is 1. The van der Waals surface area contributed by atoms with Gasteiger partial charge in [0.05, 0.1) is 22.5 Å². The van der Waals surface area contributed by atoms with Gasteiger partial charge in [-0.1, -0.05) is 51.8 Å². The number of aromatic nitrogens is 3. The van der Waals surface area contributed by atoms with Crippen LogP contribution < -0.4 is 20.1 Å². The molecule has 338 valence electrons. The third-order valence-corrected chi connectivity index (χ3v) is 15.5. The number of nitrogens with zero attached hydrogens (tertiary/aromatic N) is 4. The number of imidazole rings is 1. The van der Waals surface area contributed by atoms with Gasteiger partial charge >= 0.3 is 6.09 Å². The van der Waals surface area contributed by atoms with Crippen LogP contribution in [0.15, 0.2) is 30.4 Å². The lowest BCUT2D eigenvalue weighted by Gasteiger charge is -2.30. The van der Waals surface area contributed by atoms with Crippen molar-refractivity contribution < 1.29 is 37.1 Å². The van der Waals surface area contributed by atoms with E-state index in [1.807, 2.05) is 48.8 Å². The number of rotatable bonds is 8. The molecule has 3 aromatic rings. The summed E-state index contributed by atoms with van der Waals surface area (Å²) in [7, 11) is -4.01. The Labute approximate surface area is 369 Å². The minimum absolute atomic E-state index is 0.0204. The Morgan fingerprint density at radius 1 is 1.05 bits per heavy atom. The Bertz CT molecular complexity index is 2390. The second kappa shape index (κ2) is 16.6. The molecule has 0 spiro atoms. The molecule has 2 aliphatic heterocycles. The second-order valence-corrected chi connectivity index (χ2v) is 23.5. The van der Waals surface area contributed by atoms with Crippen molar-refractivity contribution in [1.29, 1.82) is 0 Å². The lowest BCUT2D eigenvalue weighted by Crippen LogP contribution is -2.58. The average molecular weight is 894 g/mol. The number of thiazole rings is 1. The van der Waals surface area contributed by atoms with Gasteiger partial charge in [0.1, 0.15) is 39.9 Å². The van der Waals surface area contributed by atoms with E-state index in [0.717, 1.165) is 39.5 Å². The van der Waals surface area contributed by atoms with Gasteiger partial charge in [-0.05, 0) is 99.1 Å². The molecular formula is C45H63N7O8S2. The fraction of sp³-hybridized carbons (Fsp3) is 0.644. The number of ether oxygens (including phenoxy) is 2. The SMILES string of the molecule is Cc1sc(-c2cccc3c2nc(O[C@@H]2C[C@H]4C(=O)N[C@]5(C(=O)NS(=O)(=O)C6(C)CC6)C[C@H]5/C=C\CCCCC[C@H](NC(=O)OC(C)(C)C)C(=O)N4C2)n3C(C)C)nc1C(C)(C)C. The highest BCUT2D eigenvalue weighted by molar-refractivity contribution is 7.91. The van der Waals surface area contributed by atoms with Gasteiger partial charge in [0, 0.05) is 34.2 Å². The number of benzene rings is 1. The number of fused-ring (bicyclic) bond motifs is 3. The zero-order valence-electron chi connectivity index (χ0n) is 37.7. The van der Waals surface area contributed by atoms with Crippen molar-refractivity contribution >= 4 is 56.2 Å². The number of para-hydroxylation sites is 1. The topological polar surface area (TPSA) is 191 Å². The molecule has 2 saturated carbocycles. The molecule has 2 aromatic heterocycles. The van der Waals surface area contributed by atoms with E-state index < -0.39 is 73.8 Å². The van der Waals surface area contributed by atoms with Crippen molar-refractivity contribution in [2.75, 3.05) is 6.54 Å². The first-order chi connectivity index (χ1) is 28.9.